The third-order valence-electron chi connectivity index (χ3n) is 4.36. The maximum absolute atomic E-state index is 12.5. The first-order valence-electron chi connectivity index (χ1n) is 8.51. The van der Waals surface area contributed by atoms with Crippen LogP contribution in [0.2, 0.25) is 0 Å². The number of carbonyl (C=O) groups is 1. The predicted molar refractivity (Wildman–Crippen MR) is 103 cm³/mol. The van der Waals surface area contributed by atoms with Crippen molar-refractivity contribution in [3.8, 4) is 11.4 Å². The van der Waals surface area contributed by atoms with Gasteiger partial charge in [-0.25, -0.2) is 4.98 Å². The van der Waals surface area contributed by atoms with Crippen LogP contribution in [0.1, 0.15) is 16.2 Å². The second-order valence-corrected chi connectivity index (χ2v) is 6.27. The zero-order valence-corrected chi connectivity index (χ0v) is 15.1. The minimum Gasteiger partial charge on any atom is -0.377 e. The summed E-state index contributed by atoms with van der Waals surface area (Å²) in [6.07, 6.45) is 1.98. The van der Waals surface area contributed by atoms with E-state index in [1.165, 1.54) is 0 Å². The largest absolute Gasteiger partial charge is 0.377 e. The van der Waals surface area contributed by atoms with E-state index in [4.69, 9.17) is 4.74 Å². The van der Waals surface area contributed by atoms with Crippen LogP contribution >= 0.6 is 0 Å². The van der Waals surface area contributed by atoms with Crippen molar-refractivity contribution >= 4 is 22.5 Å². The van der Waals surface area contributed by atoms with Crippen LogP contribution in [0.3, 0.4) is 0 Å². The molecule has 0 unspecified atom stereocenters. The van der Waals surface area contributed by atoms with Gasteiger partial charge < -0.3 is 14.6 Å². The number of hydrogen-bond acceptors (Lipinski definition) is 4. The van der Waals surface area contributed by atoms with E-state index in [2.05, 4.69) is 20.5 Å². The number of rotatable bonds is 5. The van der Waals surface area contributed by atoms with Gasteiger partial charge in [0.05, 0.1) is 0 Å². The highest BCUT2D eigenvalue weighted by Crippen LogP contribution is 2.20. The molecule has 0 aliphatic rings. The number of fused-ring (bicyclic) bond motifs is 1. The number of carbonyl (C=O) groups excluding carboxylic acids is 1. The zero-order chi connectivity index (χ0) is 18.8. The fourth-order valence-electron chi connectivity index (χ4n) is 2.95. The van der Waals surface area contributed by atoms with Crippen LogP contribution in [0.25, 0.3) is 22.3 Å². The molecule has 1 amide bonds. The Hall–Kier alpha value is -3.45. The number of amides is 1. The summed E-state index contributed by atoms with van der Waals surface area (Å²) in [5, 5.41) is 11.0. The molecule has 7 heteroatoms. The fourth-order valence-corrected chi connectivity index (χ4v) is 2.95. The molecule has 0 spiro atoms. The number of nitrogens with one attached hydrogen (secondary N) is 2. The highest BCUT2D eigenvalue weighted by molar-refractivity contribution is 6.06. The summed E-state index contributed by atoms with van der Waals surface area (Å²) in [6.45, 7) is 0.382. The highest BCUT2D eigenvalue weighted by Gasteiger charge is 2.10. The van der Waals surface area contributed by atoms with Crippen molar-refractivity contribution in [1.29, 1.82) is 0 Å². The Morgan fingerprint density at radius 1 is 1.19 bits per heavy atom. The van der Waals surface area contributed by atoms with Gasteiger partial charge in [0.1, 0.15) is 6.61 Å². The smallest absolute Gasteiger partial charge is 0.255 e. The van der Waals surface area contributed by atoms with Crippen molar-refractivity contribution in [2.24, 2.45) is 7.05 Å². The number of aryl methyl sites for hydroxylation is 1. The third-order valence-corrected chi connectivity index (χ3v) is 4.36. The average Bonchev–Trinajstić information content (AvgIpc) is 3.29. The van der Waals surface area contributed by atoms with E-state index in [1.54, 1.807) is 7.11 Å². The number of H-pyrrole nitrogens is 1. The molecule has 0 atom stereocenters. The van der Waals surface area contributed by atoms with Gasteiger partial charge in [-0.2, -0.15) is 5.10 Å². The molecule has 0 saturated carbocycles. The van der Waals surface area contributed by atoms with Crippen molar-refractivity contribution in [1.82, 2.24) is 19.7 Å². The van der Waals surface area contributed by atoms with Gasteiger partial charge >= 0.3 is 0 Å². The lowest BCUT2D eigenvalue weighted by atomic mass is 10.1. The summed E-state index contributed by atoms with van der Waals surface area (Å²) in [5.41, 5.74) is 3.29. The number of anilines is 1. The Labute approximate surface area is 156 Å². The second-order valence-electron chi connectivity index (χ2n) is 6.27. The van der Waals surface area contributed by atoms with Crippen LogP contribution in [-0.4, -0.2) is 32.8 Å². The molecule has 0 fully saturated rings. The normalized spacial score (nSPS) is 11.0. The van der Waals surface area contributed by atoms with Crippen LogP contribution in [0, 0.1) is 0 Å². The van der Waals surface area contributed by atoms with Gasteiger partial charge in [-0.15, -0.1) is 0 Å². The summed E-state index contributed by atoms with van der Waals surface area (Å²) >= 11 is 0. The Morgan fingerprint density at radius 3 is 2.78 bits per heavy atom. The zero-order valence-electron chi connectivity index (χ0n) is 15.1. The van der Waals surface area contributed by atoms with Crippen LogP contribution < -0.4 is 5.32 Å². The van der Waals surface area contributed by atoms with Crippen LogP contribution in [0.15, 0.2) is 54.7 Å². The SMILES string of the molecule is COCc1nc(-c2ccc(NC(=O)c3ccc4c(ccn4C)c3)cc2)n[nH]1. The second kappa shape index (κ2) is 7.05. The molecule has 2 aromatic heterocycles. The number of methoxy groups -OCH3 is 1. The molecule has 2 N–H and O–H groups in total. The molecule has 27 heavy (non-hydrogen) atoms. The van der Waals surface area contributed by atoms with Gasteiger partial charge in [-0.3, -0.25) is 9.89 Å². The first-order chi connectivity index (χ1) is 13.1. The maximum Gasteiger partial charge on any atom is 0.255 e. The lowest BCUT2D eigenvalue weighted by Crippen LogP contribution is -2.11. The average molecular weight is 361 g/mol. The Balaban J connectivity index is 1.49. The molecular weight excluding hydrogens is 342 g/mol. The highest BCUT2D eigenvalue weighted by atomic mass is 16.5. The minimum atomic E-state index is -0.145. The predicted octanol–water partition coefficient (Wildman–Crippen LogP) is 3.36. The summed E-state index contributed by atoms with van der Waals surface area (Å²) in [6, 6.07) is 15.1. The Bertz CT molecular complexity index is 1100. The van der Waals surface area contributed by atoms with E-state index >= 15 is 0 Å². The molecule has 2 aromatic carbocycles. The van der Waals surface area contributed by atoms with Crippen molar-refractivity contribution < 1.29 is 9.53 Å². The number of benzene rings is 2. The van der Waals surface area contributed by atoms with Crippen molar-refractivity contribution in [3.05, 3.63) is 66.1 Å². The molecule has 0 radical (unpaired) electrons. The van der Waals surface area contributed by atoms with Crippen molar-refractivity contribution in [2.45, 2.75) is 6.61 Å². The summed E-state index contributed by atoms with van der Waals surface area (Å²) < 4.78 is 7.05. The fraction of sp³-hybridized carbons (Fsp3) is 0.150. The molecular formula is C20H19N5O2. The lowest BCUT2D eigenvalue weighted by molar-refractivity contribution is 0.102. The van der Waals surface area contributed by atoms with Gasteiger partial charge in [0.15, 0.2) is 11.6 Å². The van der Waals surface area contributed by atoms with E-state index in [0.29, 0.717) is 29.5 Å². The van der Waals surface area contributed by atoms with E-state index in [9.17, 15) is 4.79 Å². The number of ether oxygens (including phenoxy) is 1. The monoisotopic (exact) mass is 361 g/mol. The molecule has 136 valence electrons. The van der Waals surface area contributed by atoms with Crippen molar-refractivity contribution in [3.63, 3.8) is 0 Å². The minimum absolute atomic E-state index is 0.145. The number of hydrogen-bond donors (Lipinski definition) is 2. The molecule has 0 aliphatic carbocycles. The van der Waals surface area contributed by atoms with E-state index in [-0.39, 0.29) is 5.91 Å². The van der Waals surface area contributed by atoms with Gasteiger partial charge in [0.25, 0.3) is 5.91 Å². The van der Waals surface area contributed by atoms with Gasteiger partial charge in [-0.05, 0) is 48.5 Å². The van der Waals surface area contributed by atoms with Gasteiger partial charge in [0.2, 0.25) is 0 Å². The molecule has 7 nitrogen and oxygen atoms in total. The van der Waals surface area contributed by atoms with Gasteiger partial charge in [-0.1, -0.05) is 0 Å². The Morgan fingerprint density at radius 2 is 2.00 bits per heavy atom. The topological polar surface area (TPSA) is 84.8 Å². The first-order valence-corrected chi connectivity index (χ1v) is 8.51. The van der Waals surface area contributed by atoms with Crippen LogP contribution in [-0.2, 0) is 18.4 Å². The summed E-state index contributed by atoms with van der Waals surface area (Å²) in [4.78, 5) is 16.9. The standard InChI is InChI=1S/C20H19N5O2/c1-25-10-9-14-11-15(5-8-17(14)25)20(26)21-16-6-3-13(4-7-16)19-22-18(12-27-2)23-24-19/h3-11H,12H2,1-2H3,(H,21,26)(H,22,23,24). The van der Waals surface area contributed by atoms with Crippen molar-refractivity contribution in [2.75, 3.05) is 12.4 Å². The lowest BCUT2D eigenvalue weighted by Gasteiger charge is -2.06. The molecule has 0 bridgehead atoms. The molecule has 0 aliphatic heterocycles. The van der Waals surface area contributed by atoms with E-state index < -0.39 is 0 Å². The number of aromatic amines is 1. The summed E-state index contributed by atoms with van der Waals surface area (Å²) in [5.74, 6) is 1.12. The van der Waals surface area contributed by atoms with E-state index in [0.717, 1.165) is 16.5 Å². The molecule has 2 heterocycles. The van der Waals surface area contributed by atoms with Gasteiger partial charge in [0, 0.05) is 48.1 Å². The molecule has 4 aromatic rings. The number of aromatic nitrogens is 4. The summed E-state index contributed by atoms with van der Waals surface area (Å²) in [7, 11) is 3.59. The van der Waals surface area contributed by atoms with Crippen LogP contribution in [0.4, 0.5) is 5.69 Å². The molecule has 0 saturated heterocycles. The van der Waals surface area contributed by atoms with E-state index in [1.807, 2.05) is 66.3 Å². The van der Waals surface area contributed by atoms with Crippen LogP contribution in [0.5, 0.6) is 0 Å². The number of nitrogens with zero attached hydrogens (tertiary/aromatic N) is 3. The maximum atomic E-state index is 12.5. The third kappa shape index (κ3) is 3.45. The molecule has 4 rings (SSSR count). The Kier molecular flexibility index (Phi) is 4.43. The quantitative estimate of drug-likeness (QED) is 0.571. The first kappa shape index (κ1) is 17.0.